The van der Waals surface area contributed by atoms with Gasteiger partial charge in [0.25, 0.3) is 0 Å². The Morgan fingerprint density at radius 2 is 2.43 bits per heavy atom. The molecule has 0 unspecified atom stereocenters. The molecule has 0 fully saturated rings. The molecule has 4 nitrogen and oxygen atoms in total. The summed E-state index contributed by atoms with van der Waals surface area (Å²) in [5.41, 5.74) is 0.539. The van der Waals surface area contributed by atoms with Gasteiger partial charge in [-0.1, -0.05) is 18.5 Å². The van der Waals surface area contributed by atoms with Gasteiger partial charge in [0.05, 0.1) is 23.5 Å². The SMILES string of the molecule is CCNCC(=O)Nc1cnccc1Cl. The number of hydrogen-bond donors (Lipinski definition) is 2. The minimum absolute atomic E-state index is 0.123. The third kappa shape index (κ3) is 3.32. The van der Waals surface area contributed by atoms with E-state index in [9.17, 15) is 4.79 Å². The fraction of sp³-hybridized carbons (Fsp3) is 0.333. The number of rotatable bonds is 4. The number of anilines is 1. The molecule has 0 aliphatic carbocycles. The molecule has 0 saturated carbocycles. The predicted molar refractivity (Wildman–Crippen MR) is 56.4 cm³/mol. The molecule has 0 spiro atoms. The van der Waals surface area contributed by atoms with E-state index in [0.717, 1.165) is 6.54 Å². The Hall–Kier alpha value is -1.13. The maximum atomic E-state index is 11.3. The zero-order chi connectivity index (χ0) is 10.4. The highest BCUT2D eigenvalue weighted by molar-refractivity contribution is 6.33. The van der Waals surface area contributed by atoms with Crippen LogP contribution in [0.4, 0.5) is 5.69 Å². The molecule has 0 aromatic carbocycles. The molecule has 1 amide bonds. The molecule has 0 saturated heterocycles. The number of nitrogens with one attached hydrogen (secondary N) is 2. The second-order valence-corrected chi connectivity index (χ2v) is 3.09. The van der Waals surface area contributed by atoms with E-state index in [-0.39, 0.29) is 12.5 Å². The lowest BCUT2D eigenvalue weighted by molar-refractivity contribution is -0.115. The number of halogens is 1. The lowest BCUT2D eigenvalue weighted by atomic mass is 10.4. The van der Waals surface area contributed by atoms with Crippen LogP contribution in [0.3, 0.4) is 0 Å². The quantitative estimate of drug-likeness (QED) is 0.793. The van der Waals surface area contributed by atoms with Crippen molar-refractivity contribution >= 4 is 23.2 Å². The van der Waals surface area contributed by atoms with E-state index in [1.165, 1.54) is 6.20 Å². The molecule has 1 heterocycles. The molecular formula is C9H12ClN3O. The van der Waals surface area contributed by atoms with Crippen molar-refractivity contribution in [1.29, 1.82) is 0 Å². The Morgan fingerprint density at radius 3 is 3.07 bits per heavy atom. The fourth-order valence-electron chi connectivity index (χ4n) is 0.902. The summed E-state index contributed by atoms with van der Waals surface area (Å²) in [5.74, 6) is -0.123. The number of nitrogens with zero attached hydrogens (tertiary/aromatic N) is 1. The Balaban J connectivity index is 2.52. The summed E-state index contributed by atoms with van der Waals surface area (Å²) in [5, 5.41) is 6.05. The van der Waals surface area contributed by atoms with Gasteiger partial charge in [-0.3, -0.25) is 9.78 Å². The summed E-state index contributed by atoms with van der Waals surface area (Å²) in [6.07, 6.45) is 3.09. The van der Waals surface area contributed by atoms with Crippen LogP contribution in [0.15, 0.2) is 18.5 Å². The smallest absolute Gasteiger partial charge is 0.238 e. The average molecular weight is 214 g/mol. The highest BCUT2D eigenvalue weighted by Gasteiger charge is 2.03. The highest BCUT2D eigenvalue weighted by Crippen LogP contribution is 2.18. The first-order chi connectivity index (χ1) is 6.74. The molecule has 0 aliphatic heterocycles. The lowest BCUT2D eigenvalue weighted by Gasteiger charge is -2.05. The van der Waals surface area contributed by atoms with Crippen molar-refractivity contribution in [3.05, 3.63) is 23.5 Å². The number of pyridine rings is 1. The van der Waals surface area contributed by atoms with Crippen molar-refractivity contribution in [2.24, 2.45) is 0 Å². The number of carbonyl (C=O) groups is 1. The second-order valence-electron chi connectivity index (χ2n) is 2.68. The van der Waals surface area contributed by atoms with Gasteiger partial charge < -0.3 is 10.6 Å². The van der Waals surface area contributed by atoms with Gasteiger partial charge in [-0.2, -0.15) is 0 Å². The van der Waals surface area contributed by atoms with Crippen LogP contribution in [-0.4, -0.2) is 24.0 Å². The normalized spacial score (nSPS) is 9.86. The minimum Gasteiger partial charge on any atom is -0.322 e. The minimum atomic E-state index is -0.123. The van der Waals surface area contributed by atoms with Gasteiger partial charge in [0, 0.05) is 6.20 Å². The number of carbonyl (C=O) groups excluding carboxylic acids is 1. The number of likely N-dealkylation sites (N-methyl/N-ethyl adjacent to an activating group) is 1. The van der Waals surface area contributed by atoms with Gasteiger partial charge in [0.15, 0.2) is 0 Å². The van der Waals surface area contributed by atoms with E-state index < -0.39 is 0 Å². The Bertz CT molecular complexity index is 317. The van der Waals surface area contributed by atoms with Crippen LogP contribution in [-0.2, 0) is 4.79 Å². The number of hydrogen-bond acceptors (Lipinski definition) is 3. The van der Waals surface area contributed by atoms with E-state index >= 15 is 0 Å². The Labute approximate surface area is 87.7 Å². The summed E-state index contributed by atoms with van der Waals surface area (Å²) in [6, 6.07) is 1.63. The summed E-state index contributed by atoms with van der Waals surface area (Å²) >= 11 is 5.83. The Kier molecular flexibility index (Phi) is 4.35. The summed E-state index contributed by atoms with van der Waals surface area (Å²) in [4.78, 5) is 15.1. The van der Waals surface area contributed by atoms with Crippen molar-refractivity contribution < 1.29 is 4.79 Å². The zero-order valence-electron chi connectivity index (χ0n) is 7.88. The highest BCUT2D eigenvalue weighted by atomic mass is 35.5. The third-order valence-electron chi connectivity index (χ3n) is 1.58. The molecule has 5 heteroatoms. The van der Waals surface area contributed by atoms with Gasteiger partial charge in [0.1, 0.15) is 0 Å². The molecule has 1 aromatic heterocycles. The maximum Gasteiger partial charge on any atom is 0.238 e. The lowest BCUT2D eigenvalue weighted by Crippen LogP contribution is -2.27. The molecule has 1 aromatic rings. The molecule has 0 bridgehead atoms. The van der Waals surface area contributed by atoms with Crippen LogP contribution >= 0.6 is 11.6 Å². The van der Waals surface area contributed by atoms with Gasteiger partial charge in [0.2, 0.25) is 5.91 Å². The monoisotopic (exact) mass is 213 g/mol. The molecule has 1 rings (SSSR count). The first-order valence-electron chi connectivity index (χ1n) is 4.34. The van der Waals surface area contributed by atoms with Gasteiger partial charge in [-0.05, 0) is 12.6 Å². The third-order valence-corrected chi connectivity index (χ3v) is 1.91. The molecule has 0 radical (unpaired) electrons. The zero-order valence-corrected chi connectivity index (χ0v) is 8.64. The largest absolute Gasteiger partial charge is 0.322 e. The predicted octanol–water partition coefficient (Wildman–Crippen LogP) is 1.28. The van der Waals surface area contributed by atoms with Crippen LogP contribution in [0.5, 0.6) is 0 Å². The molecule has 14 heavy (non-hydrogen) atoms. The van der Waals surface area contributed by atoms with E-state index in [1.807, 2.05) is 6.92 Å². The molecule has 0 atom stereocenters. The number of aromatic nitrogens is 1. The Morgan fingerprint density at radius 1 is 1.64 bits per heavy atom. The van der Waals surface area contributed by atoms with Crippen LogP contribution in [0.2, 0.25) is 5.02 Å². The van der Waals surface area contributed by atoms with Crippen molar-refractivity contribution in [1.82, 2.24) is 10.3 Å². The van der Waals surface area contributed by atoms with Crippen molar-refractivity contribution in [3.63, 3.8) is 0 Å². The number of amides is 1. The molecule has 0 aliphatic rings. The van der Waals surface area contributed by atoms with Crippen LogP contribution in [0.25, 0.3) is 0 Å². The van der Waals surface area contributed by atoms with Crippen LogP contribution < -0.4 is 10.6 Å². The van der Waals surface area contributed by atoms with Gasteiger partial charge in [-0.25, -0.2) is 0 Å². The van der Waals surface area contributed by atoms with Crippen molar-refractivity contribution in [2.75, 3.05) is 18.4 Å². The van der Waals surface area contributed by atoms with Gasteiger partial charge in [-0.15, -0.1) is 0 Å². The van der Waals surface area contributed by atoms with Gasteiger partial charge >= 0.3 is 0 Å². The topological polar surface area (TPSA) is 54.0 Å². The molecular weight excluding hydrogens is 202 g/mol. The second kappa shape index (κ2) is 5.57. The first kappa shape index (κ1) is 10.9. The first-order valence-corrected chi connectivity index (χ1v) is 4.72. The molecule has 76 valence electrons. The standard InChI is InChI=1S/C9H12ClN3O/c1-2-11-6-9(14)13-8-5-12-4-3-7(8)10/h3-5,11H,2,6H2,1H3,(H,13,14). The maximum absolute atomic E-state index is 11.3. The summed E-state index contributed by atoms with van der Waals surface area (Å²) < 4.78 is 0. The van der Waals surface area contributed by atoms with Crippen LogP contribution in [0, 0.1) is 0 Å². The molecule has 2 N–H and O–H groups in total. The van der Waals surface area contributed by atoms with E-state index in [2.05, 4.69) is 15.6 Å². The van der Waals surface area contributed by atoms with Crippen LogP contribution in [0.1, 0.15) is 6.92 Å². The summed E-state index contributed by atoms with van der Waals surface area (Å²) in [6.45, 7) is 2.97. The van der Waals surface area contributed by atoms with E-state index in [1.54, 1.807) is 12.3 Å². The van der Waals surface area contributed by atoms with Crippen molar-refractivity contribution in [2.45, 2.75) is 6.92 Å². The average Bonchev–Trinajstić information content (AvgIpc) is 2.18. The van der Waals surface area contributed by atoms with E-state index in [0.29, 0.717) is 10.7 Å². The van der Waals surface area contributed by atoms with E-state index in [4.69, 9.17) is 11.6 Å². The fourth-order valence-corrected chi connectivity index (χ4v) is 1.05. The van der Waals surface area contributed by atoms with Crippen molar-refractivity contribution in [3.8, 4) is 0 Å². The summed E-state index contributed by atoms with van der Waals surface area (Å²) in [7, 11) is 0.